The van der Waals surface area contributed by atoms with E-state index in [0.717, 1.165) is 17.0 Å². The molecule has 3 rings (SSSR count). The van der Waals surface area contributed by atoms with E-state index in [0.29, 0.717) is 0 Å². The lowest BCUT2D eigenvalue weighted by Crippen LogP contribution is -2.31. The van der Waals surface area contributed by atoms with Crippen molar-refractivity contribution >= 4 is 23.2 Å². The Morgan fingerprint density at radius 1 is 1.36 bits per heavy atom. The summed E-state index contributed by atoms with van der Waals surface area (Å²) in [7, 11) is 0. The highest BCUT2D eigenvalue weighted by molar-refractivity contribution is 6.04. The van der Waals surface area contributed by atoms with E-state index in [2.05, 4.69) is 10.3 Å². The number of benzene rings is 1. The number of aromatic nitrogens is 1. The molecule has 0 spiro atoms. The third kappa shape index (κ3) is 3.66. The van der Waals surface area contributed by atoms with Crippen molar-refractivity contribution in [1.82, 2.24) is 9.88 Å². The summed E-state index contributed by atoms with van der Waals surface area (Å²) in [5, 5.41) is 13.7. The molecule has 0 saturated carbocycles. The molecule has 1 fully saturated rings. The minimum absolute atomic E-state index is 0.00957. The van der Waals surface area contributed by atoms with Gasteiger partial charge >= 0.3 is 0 Å². The molecule has 1 aromatic carbocycles. The zero-order valence-electron chi connectivity index (χ0n) is 14.8. The van der Waals surface area contributed by atoms with Crippen LogP contribution in [0.1, 0.15) is 35.4 Å². The molecule has 1 aromatic heterocycles. The van der Waals surface area contributed by atoms with E-state index in [1.165, 1.54) is 19.2 Å². The number of alkyl halides is 1. The van der Waals surface area contributed by atoms with Crippen LogP contribution in [0, 0.1) is 15.9 Å². The van der Waals surface area contributed by atoms with Gasteiger partial charge in [-0.3, -0.25) is 24.7 Å². The lowest BCUT2D eigenvalue weighted by Gasteiger charge is -2.25. The maximum absolute atomic E-state index is 14.7. The number of pyridine rings is 1. The van der Waals surface area contributed by atoms with Gasteiger partial charge < -0.3 is 10.2 Å². The van der Waals surface area contributed by atoms with Gasteiger partial charge in [0.1, 0.15) is 23.4 Å². The highest BCUT2D eigenvalue weighted by Gasteiger charge is 2.39. The van der Waals surface area contributed by atoms with Crippen molar-refractivity contribution in [2.75, 3.05) is 11.9 Å². The van der Waals surface area contributed by atoms with Crippen molar-refractivity contribution in [2.45, 2.75) is 25.6 Å². The number of hydrogen-bond donors (Lipinski definition) is 1. The third-order valence-corrected chi connectivity index (χ3v) is 4.50. The highest BCUT2D eigenvalue weighted by atomic mass is 19.1. The Kier molecular flexibility index (Phi) is 5.30. The van der Waals surface area contributed by atoms with Gasteiger partial charge in [0.05, 0.1) is 11.0 Å². The maximum Gasteiger partial charge on any atom is 0.293 e. The van der Waals surface area contributed by atoms with Crippen LogP contribution in [0.25, 0.3) is 0 Å². The first kappa shape index (κ1) is 19.3. The first-order valence-electron chi connectivity index (χ1n) is 8.41. The summed E-state index contributed by atoms with van der Waals surface area (Å²) in [6.45, 7) is 1.31. The summed E-state index contributed by atoms with van der Waals surface area (Å²) in [4.78, 5) is 39.5. The standard InChI is InChI=1S/C18H16F2N4O4/c1-10(25)23-7-5-12(19)17(23)11-8-16(24(27)28)15(9-13(11)20)22-18(26)14-4-2-3-6-21-14/h2-4,6,8-9,12,17H,5,7H2,1H3,(H,22,26). The van der Waals surface area contributed by atoms with Crippen LogP contribution in [0.3, 0.4) is 0 Å². The molecule has 2 aromatic rings. The SMILES string of the molecule is CC(=O)N1CCC(F)C1c1cc([N+](=O)[O-])c(NC(=O)c2ccccn2)cc1F. The number of amides is 2. The number of rotatable bonds is 4. The Labute approximate surface area is 158 Å². The quantitative estimate of drug-likeness (QED) is 0.638. The number of nitrogens with zero attached hydrogens (tertiary/aromatic N) is 3. The number of likely N-dealkylation sites (tertiary alicyclic amines) is 1. The van der Waals surface area contributed by atoms with Crippen LogP contribution in [0.2, 0.25) is 0 Å². The normalized spacial score (nSPS) is 18.8. The van der Waals surface area contributed by atoms with Gasteiger partial charge in [-0.05, 0) is 18.6 Å². The number of carbonyl (C=O) groups is 2. The Balaban J connectivity index is 2.00. The largest absolute Gasteiger partial charge is 0.333 e. The van der Waals surface area contributed by atoms with E-state index in [9.17, 15) is 28.5 Å². The molecule has 1 saturated heterocycles. The Morgan fingerprint density at radius 3 is 2.71 bits per heavy atom. The highest BCUT2D eigenvalue weighted by Crippen LogP contribution is 2.39. The van der Waals surface area contributed by atoms with Crippen LogP contribution in [-0.2, 0) is 4.79 Å². The average molecular weight is 390 g/mol. The molecule has 1 aliphatic heterocycles. The fourth-order valence-corrected chi connectivity index (χ4v) is 3.21. The van der Waals surface area contributed by atoms with E-state index >= 15 is 0 Å². The Bertz CT molecular complexity index is 939. The van der Waals surface area contributed by atoms with Gasteiger partial charge in [-0.15, -0.1) is 0 Å². The molecule has 0 bridgehead atoms. The van der Waals surface area contributed by atoms with E-state index in [-0.39, 0.29) is 29.9 Å². The molecule has 10 heteroatoms. The number of hydrogen-bond acceptors (Lipinski definition) is 5. The van der Waals surface area contributed by atoms with Crippen molar-refractivity contribution in [3.63, 3.8) is 0 Å². The molecule has 1 aliphatic rings. The Hall–Kier alpha value is -3.43. The smallest absolute Gasteiger partial charge is 0.293 e. The first-order valence-corrected chi connectivity index (χ1v) is 8.41. The van der Waals surface area contributed by atoms with Gasteiger partial charge in [-0.2, -0.15) is 0 Å². The molecule has 2 amide bonds. The van der Waals surface area contributed by atoms with Crippen LogP contribution in [-0.4, -0.2) is 39.3 Å². The minimum Gasteiger partial charge on any atom is -0.333 e. The summed E-state index contributed by atoms with van der Waals surface area (Å²) in [5.74, 6) is -2.17. The second-order valence-electron chi connectivity index (χ2n) is 6.28. The second-order valence-corrected chi connectivity index (χ2v) is 6.28. The van der Waals surface area contributed by atoms with Crippen LogP contribution in [0.4, 0.5) is 20.2 Å². The van der Waals surface area contributed by atoms with Gasteiger partial charge in [-0.25, -0.2) is 8.78 Å². The van der Waals surface area contributed by atoms with E-state index < -0.39 is 40.5 Å². The molecular formula is C18H16F2N4O4. The third-order valence-electron chi connectivity index (χ3n) is 4.50. The van der Waals surface area contributed by atoms with E-state index in [1.807, 2.05) is 0 Å². The number of anilines is 1. The number of halogens is 2. The van der Waals surface area contributed by atoms with Crippen LogP contribution in [0.5, 0.6) is 0 Å². The molecule has 0 radical (unpaired) electrons. The van der Waals surface area contributed by atoms with Crippen molar-refractivity contribution in [2.24, 2.45) is 0 Å². The van der Waals surface area contributed by atoms with Gasteiger partial charge in [0, 0.05) is 37.4 Å². The molecular weight excluding hydrogens is 374 g/mol. The summed E-state index contributed by atoms with van der Waals surface area (Å²) in [6, 6.07) is 4.90. The Morgan fingerprint density at radius 2 is 2.11 bits per heavy atom. The number of carbonyl (C=O) groups excluding carboxylic acids is 2. The van der Waals surface area contributed by atoms with Gasteiger partial charge in [0.2, 0.25) is 5.91 Å². The van der Waals surface area contributed by atoms with E-state index in [4.69, 9.17) is 0 Å². The molecule has 2 heterocycles. The lowest BCUT2D eigenvalue weighted by atomic mass is 10.0. The van der Waals surface area contributed by atoms with Crippen LogP contribution >= 0.6 is 0 Å². The van der Waals surface area contributed by atoms with Gasteiger partial charge in [-0.1, -0.05) is 6.07 Å². The predicted molar refractivity (Wildman–Crippen MR) is 94.9 cm³/mol. The number of nitro benzene ring substituents is 1. The lowest BCUT2D eigenvalue weighted by molar-refractivity contribution is -0.384. The predicted octanol–water partition coefficient (Wildman–Crippen LogP) is 3.01. The van der Waals surface area contributed by atoms with Crippen LogP contribution in [0.15, 0.2) is 36.5 Å². The monoisotopic (exact) mass is 390 g/mol. The summed E-state index contributed by atoms with van der Waals surface area (Å²) < 4.78 is 29.0. The van der Waals surface area contributed by atoms with Gasteiger partial charge in [0.15, 0.2) is 0 Å². The maximum atomic E-state index is 14.7. The zero-order valence-corrected chi connectivity index (χ0v) is 14.8. The van der Waals surface area contributed by atoms with Crippen molar-refractivity contribution in [3.05, 3.63) is 63.7 Å². The molecule has 0 aliphatic carbocycles. The summed E-state index contributed by atoms with van der Waals surface area (Å²) in [5.41, 5.74) is -1.31. The summed E-state index contributed by atoms with van der Waals surface area (Å²) in [6.07, 6.45) is -0.174. The van der Waals surface area contributed by atoms with Crippen molar-refractivity contribution in [3.8, 4) is 0 Å². The average Bonchev–Trinajstić information content (AvgIpc) is 3.04. The number of nitro groups is 1. The van der Waals surface area contributed by atoms with Gasteiger partial charge in [0.25, 0.3) is 11.6 Å². The molecule has 8 nitrogen and oxygen atoms in total. The van der Waals surface area contributed by atoms with Crippen molar-refractivity contribution < 1.29 is 23.3 Å². The molecule has 2 atom stereocenters. The number of nitrogens with one attached hydrogen (secondary N) is 1. The molecule has 146 valence electrons. The molecule has 28 heavy (non-hydrogen) atoms. The van der Waals surface area contributed by atoms with Crippen LogP contribution < -0.4 is 5.32 Å². The minimum atomic E-state index is -1.55. The summed E-state index contributed by atoms with van der Waals surface area (Å²) >= 11 is 0. The molecule has 2 unspecified atom stereocenters. The van der Waals surface area contributed by atoms with Crippen molar-refractivity contribution in [1.29, 1.82) is 0 Å². The second kappa shape index (κ2) is 7.67. The topological polar surface area (TPSA) is 105 Å². The molecule has 1 N–H and O–H groups in total. The zero-order chi connectivity index (χ0) is 20.4. The fraction of sp³-hybridized carbons (Fsp3) is 0.278. The fourth-order valence-electron chi connectivity index (χ4n) is 3.21. The van der Waals surface area contributed by atoms with E-state index in [1.54, 1.807) is 12.1 Å². The first-order chi connectivity index (χ1) is 13.3.